The highest BCUT2D eigenvalue weighted by molar-refractivity contribution is 7.89. The van der Waals surface area contributed by atoms with Gasteiger partial charge in [-0.15, -0.1) is 0 Å². The number of piperidine rings is 2. The molecule has 2 aliphatic heterocycles. The van der Waals surface area contributed by atoms with E-state index in [1.54, 1.807) is 60.7 Å². The first-order valence-electron chi connectivity index (χ1n) is 13.9. The predicted molar refractivity (Wildman–Crippen MR) is 164 cm³/mol. The molecule has 1 saturated carbocycles. The summed E-state index contributed by atoms with van der Waals surface area (Å²) in [6.45, 7) is 0. The molecule has 3 aliphatic rings. The summed E-state index contributed by atoms with van der Waals surface area (Å²) in [6.07, 6.45) is 2.94. The third kappa shape index (κ3) is 6.57. The average molecular weight is 645 g/mol. The van der Waals surface area contributed by atoms with Crippen molar-refractivity contribution in [2.24, 2.45) is 5.92 Å². The molecule has 2 atom stereocenters. The first kappa shape index (κ1) is 31.0. The molecule has 0 aromatic heterocycles. The van der Waals surface area contributed by atoms with Crippen LogP contribution in [0, 0.1) is 5.92 Å². The highest BCUT2D eigenvalue weighted by atomic mass is 35.5. The van der Waals surface area contributed by atoms with Gasteiger partial charge in [0.25, 0.3) is 5.91 Å². The van der Waals surface area contributed by atoms with Crippen molar-refractivity contribution >= 4 is 56.7 Å². The quantitative estimate of drug-likeness (QED) is 0.314. The van der Waals surface area contributed by atoms with Crippen LogP contribution in [0.4, 0.5) is 5.69 Å². The summed E-state index contributed by atoms with van der Waals surface area (Å²) >= 11 is 12.3. The van der Waals surface area contributed by atoms with Crippen LogP contribution in [0.3, 0.4) is 0 Å². The minimum atomic E-state index is -3.94. The van der Waals surface area contributed by atoms with Crippen molar-refractivity contribution in [2.75, 3.05) is 12.4 Å². The van der Waals surface area contributed by atoms with Crippen LogP contribution in [0.2, 0.25) is 10.0 Å². The number of benzene rings is 3. The van der Waals surface area contributed by atoms with Crippen molar-refractivity contribution in [3.05, 3.63) is 94.0 Å². The summed E-state index contributed by atoms with van der Waals surface area (Å²) in [5, 5.41) is 5.98. The number of halogens is 2. The molecule has 43 heavy (non-hydrogen) atoms. The van der Waals surface area contributed by atoms with Crippen molar-refractivity contribution in [3.63, 3.8) is 0 Å². The predicted octanol–water partition coefficient (Wildman–Crippen LogP) is 5.08. The van der Waals surface area contributed by atoms with Gasteiger partial charge in [-0.2, -0.15) is 4.31 Å². The van der Waals surface area contributed by atoms with Crippen molar-refractivity contribution in [2.45, 2.75) is 55.1 Å². The lowest BCUT2D eigenvalue weighted by Gasteiger charge is -2.49. The molecule has 1 aliphatic carbocycles. The number of fused-ring (bicyclic) bond motifs is 3. The van der Waals surface area contributed by atoms with Gasteiger partial charge in [-0.3, -0.25) is 9.59 Å². The molecule has 226 valence electrons. The van der Waals surface area contributed by atoms with Gasteiger partial charge < -0.3 is 15.4 Å². The van der Waals surface area contributed by atoms with E-state index in [-0.39, 0.29) is 38.9 Å². The summed E-state index contributed by atoms with van der Waals surface area (Å²) in [5.41, 5.74) is 1.31. The minimum Gasteiger partial charge on any atom is -0.467 e. The Morgan fingerprint density at radius 2 is 1.53 bits per heavy atom. The van der Waals surface area contributed by atoms with Gasteiger partial charge in [-0.05, 0) is 73.6 Å². The van der Waals surface area contributed by atoms with Crippen LogP contribution in [-0.2, 0) is 30.8 Å². The number of esters is 1. The van der Waals surface area contributed by atoms with Crippen molar-refractivity contribution in [3.8, 4) is 0 Å². The zero-order valence-corrected chi connectivity index (χ0v) is 25.7. The lowest BCUT2D eigenvalue weighted by Crippen LogP contribution is -2.63. The van der Waals surface area contributed by atoms with E-state index >= 15 is 0 Å². The zero-order chi connectivity index (χ0) is 30.7. The number of nitrogens with zero attached hydrogens (tertiary/aromatic N) is 1. The van der Waals surface area contributed by atoms with E-state index in [4.69, 9.17) is 27.9 Å². The number of sulfonamides is 1. The number of hydrogen-bond acceptors (Lipinski definition) is 6. The summed E-state index contributed by atoms with van der Waals surface area (Å²) in [6, 6.07) is 17.3. The number of nitrogens with one attached hydrogen (secondary N) is 2. The summed E-state index contributed by atoms with van der Waals surface area (Å²) in [4.78, 5) is 39.4. The Morgan fingerprint density at radius 3 is 2.14 bits per heavy atom. The molecule has 12 heteroatoms. The summed E-state index contributed by atoms with van der Waals surface area (Å²) < 4.78 is 33.7. The molecule has 9 nitrogen and oxygen atoms in total. The third-order valence-electron chi connectivity index (χ3n) is 8.05. The van der Waals surface area contributed by atoms with E-state index in [0.717, 1.165) is 12.8 Å². The monoisotopic (exact) mass is 643 g/mol. The van der Waals surface area contributed by atoms with Gasteiger partial charge in [0.2, 0.25) is 15.9 Å². The number of amides is 2. The van der Waals surface area contributed by atoms with Gasteiger partial charge in [0.15, 0.2) is 0 Å². The number of carbonyl (C=O) groups is 3. The molecule has 6 rings (SSSR count). The number of ether oxygens (including phenoxy) is 1. The smallest absolute Gasteiger partial charge is 0.328 e. The van der Waals surface area contributed by atoms with E-state index < -0.39 is 39.9 Å². The maximum atomic E-state index is 13.8. The Hall–Kier alpha value is -3.44. The maximum absolute atomic E-state index is 13.8. The van der Waals surface area contributed by atoms with Crippen LogP contribution in [0.1, 0.15) is 41.6 Å². The molecule has 0 spiro atoms. The van der Waals surface area contributed by atoms with Crippen LogP contribution in [0.5, 0.6) is 0 Å². The normalized spacial score (nSPS) is 20.7. The van der Waals surface area contributed by atoms with Crippen LogP contribution in [-0.4, -0.2) is 55.7 Å². The Morgan fingerprint density at radius 1 is 0.907 bits per heavy atom. The Kier molecular flexibility index (Phi) is 9.41. The molecule has 2 amide bonds. The lowest BCUT2D eigenvalue weighted by molar-refractivity contribution is -0.146. The van der Waals surface area contributed by atoms with Crippen LogP contribution < -0.4 is 10.6 Å². The largest absolute Gasteiger partial charge is 0.467 e. The van der Waals surface area contributed by atoms with Gasteiger partial charge in [0.1, 0.15) is 12.1 Å². The number of carbonyl (C=O) groups excluding carboxylic acids is 3. The fraction of sp³-hybridized carbons (Fsp3) is 0.323. The van der Waals surface area contributed by atoms with E-state index in [9.17, 15) is 22.8 Å². The first-order valence-corrected chi connectivity index (χ1v) is 16.1. The molecular formula is C31H31Cl2N3O6S. The molecule has 3 aromatic carbocycles. The standard InChI is InChI=1S/C31H31Cl2N3O6S/c1-42-31(39)26(18-19-10-14-21(15-11-19)34-29(37)27-24(32)8-5-9-25(27)33)35-30(38)28-20-12-16-22(17-13-20)36(28)43(40,41)23-6-3-2-4-7-23/h2-11,14-15,20,22,26,28H,12-13,16-18H2,1H3,(H,34,37)(H,35,38)/t20?,22?,26-,28-/m0/s1. The lowest BCUT2D eigenvalue weighted by atomic mass is 9.76. The van der Waals surface area contributed by atoms with Crippen molar-refractivity contribution in [1.29, 1.82) is 0 Å². The van der Waals surface area contributed by atoms with E-state index in [2.05, 4.69) is 10.6 Å². The van der Waals surface area contributed by atoms with E-state index in [1.807, 2.05) is 0 Å². The molecule has 3 fully saturated rings. The molecule has 2 N–H and O–H groups in total. The van der Waals surface area contributed by atoms with Crippen LogP contribution in [0.15, 0.2) is 77.7 Å². The molecule has 0 radical (unpaired) electrons. The molecule has 3 aromatic rings. The molecule has 0 unspecified atom stereocenters. The van der Waals surface area contributed by atoms with E-state index in [1.165, 1.54) is 23.5 Å². The first-order chi connectivity index (χ1) is 20.6. The van der Waals surface area contributed by atoms with Gasteiger partial charge >= 0.3 is 5.97 Å². The Balaban J connectivity index is 1.32. The van der Waals surface area contributed by atoms with Gasteiger partial charge in [0.05, 0.1) is 27.6 Å². The highest BCUT2D eigenvalue weighted by Crippen LogP contribution is 2.42. The van der Waals surface area contributed by atoms with E-state index in [0.29, 0.717) is 24.1 Å². The topological polar surface area (TPSA) is 122 Å². The number of anilines is 1. The second-order valence-corrected chi connectivity index (χ2v) is 13.4. The highest BCUT2D eigenvalue weighted by Gasteiger charge is 2.51. The van der Waals surface area contributed by atoms with Crippen molar-refractivity contribution in [1.82, 2.24) is 9.62 Å². The third-order valence-corrected chi connectivity index (χ3v) is 10.6. The molecule has 2 heterocycles. The Labute approximate surface area is 260 Å². The second-order valence-electron chi connectivity index (χ2n) is 10.7. The summed E-state index contributed by atoms with van der Waals surface area (Å²) in [7, 11) is -2.71. The van der Waals surface area contributed by atoms with Crippen LogP contribution >= 0.6 is 23.2 Å². The SMILES string of the molecule is COC(=O)[C@H](Cc1ccc(NC(=O)c2c(Cl)cccc2Cl)cc1)NC(=O)[C@@H]1C2CCC(CC2)N1S(=O)(=O)c1ccccc1. The molecule has 2 bridgehead atoms. The fourth-order valence-corrected chi connectivity index (χ4v) is 8.44. The Bertz CT molecular complexity index is 1590. The number of hydrogen-bond donors (Lipinski definition) is 2. The zero-order valence-electron chi connectivity index (χ0n) is 23.3. The number of methoxy groups -OCH3 is 1. The molecular weight excluding hydrogens is 613 g/mol. The van der Waals surface area contributed by atoms with Crippen molar-refractivity contribution < 1.29 is 27.5 Å². The minimum absolute atomic E-state index is 0.0925. The van der Waals surface area contributed by atoms with Crippen LogP contribution in [0.25, 0.3) is 0 Å². The number of rotatable bonds is 9. The van der Waals surface area contributed by atoms with Gasteiger partial charge in [-0.25, -0.2) is 13.2 Å². The van der Waals surface area contributed by atoms with Gasteiger partial charge in [0, 0.05) is 18.2 Å². The molecule has 2 saturated heterocycles. The summed E-state index contributed by atoms with van der Waals surface area (Å²) in [5.74, 6) is -1.81. The average Bonchev–Trinajstić information content (AvgIpc) is 3.01. The fourth-order valence-electron chi connectivity index (χ4n) is 5.96. The van der Waals surface area contributed by atoms with Gasteiger partial charge in [-0.1, -0.05) is 59.6 Å². The maximum Gasteiger partial charge on any atom is 0.328 e. The second kappa shape index (κ2) is 13.1.